The van der Waals surface area contributed by atoms with Gasteiger partial charge in [-0.3, -0.25) is 4.79 Å². The summed E-state index contributed by atoms with van der Waals surface area (Å²) in [6.07, 6.45) is -1.39. The Morgan fingerprint density at radius 1 is 1.44 bits per heavy atom. The molecule has 0 aromatic carbocycles. The van der Waals surface area contributed by atoms with Crippen LogP contribution in [0.2, 0.25) is 0 Å². The van der Waals surface area contributed by atoms with Gasteiger partial charge in [-0.2, -0.15) is 0 Å². The molecule has 7 nitrogen and oxygen atoms in total. The molecule has 0 unspecified atom stereocenters. The fourth-order valence-corrected chi connectivity index (χ4v) is 1.89. The molecule has 0 bridgehead atoms. The van der Waals surface area contributed by atoms with Gasteiger partial charge in [-0.1, -0.05) is 0 Å². The van der Waals surface area contributed by atoms with Crippen molar-refractivity contribution in [2.75, 3.05) is 26.5 Å². The van der Waals surface area contributed by atoms with E-state index in [1.807, 2.05) is 0 Å². The Morgan fingerprint density at radius 2 is 2.19 bits per heavy atom. The van der Waals surface area contributed by atoms with E-state index < -0.39 is 6.10 Å². The molecule has 4 atom stereocenters. The molecule has 0 aromatic heterocycles. The molecule has 16 heavy (non-hydrogen) atoms. The molecule has 92 valence electrons. The quantitative estimate of drug-likeness (QED) is 0.465. The lowest BCUT2D eigenvalue weighted by molar-refractivity contribution is -0.123. The van der Waals surface area contributed by atoms with Gasteiger partial charge in [0.15, 0.2) is 0 Å². The van der Waals surface area contributed by atoms with E-state index >= 15 is 0 Å². The van der Waals surface area contributed by atoms with Crippen LogP contribution in [0.5, 0.6) is 0 Å². The fourth-order valence-electron chi connectivity index (χ4n) is 1.89. The molecule has 2 heterocycles. The summed E-state index contributed by atoms with van der Waals surface area (Å²) in [6, 6.07) is 0. The second kappa shape index (κ2) is 5.07. The maximum atomic E-state index is 10.8. The third kappa shape index (κ3) is 2.33. The van der Waals surface area contributed by atoms with Crippen LogP contribution in [0.3, 0.4) is 0 Å². The molecule has 0 saturated carbocycles. The van der Waals surface area contributed by atoms with Gasteiger partial charge in [-0.15, -0.1) is 0 Å². The van der Waals surface area contributed by atoms with Crippen LogP contribution in [0, 0.1) is 0 Å². The number of aliphatic hydroxyl groups excluding tert-OH is 1. The second-order valence-electron chi connectivity index (χ2n) is 3.82. The first-order valence-corrected chi connectivity index (χ1v) is 5.22. The third-order valence-corrected chi connectivity index (χ3v) is 2.73. The zero-order chi connectivity index (χ0) is 11.5. The molecule has 4 N–H and O–H groups in total. The average Bonchev–Trinajstić information content (AvgIpc) is 2.83. The van der Waals surface area contributed by atoms with Gasteiger partial charge in [0.25, 0.3) is 0 Å². The number of rotatable bonds is 4. The summed E-state index contributed by atoms with van der Waals surface area (Å²) in [6.45, 7) is 0.647. The summed E-state index contributed by atoms with van der Waals surface area (Å²) >= 11 is 0. The fraction of sp³-hybridized carbons (Fsp3) is 0.889. The molecule has 2 aliphatic heterocycles. The number of ether oxygens (including phenoxy) is 3. The van der Waals surface area contributed by atoms with E-state index in [0.717, 1.165) is 0 Å². The number of amides is 1. The number of carbonyl (C=O) groups excluding carboxylic acids is 1. The predicted octanol–water partition coefficient (Wildman–Crippen LogP) is -2.44. The van der Waals surface area contributed by atoms with Crippen LogP contribution in [0.15, 0.2) is 0 Å². The van der Waals surface area contributed by atoms with Crippen LogP contribution < -0.4 is 11.1 Å². The normalized spacial score (nSPS) is 37.4. The van der Waals surface area contributed by atoms with Gasteiger partial charge >= 0.3 is 0 Å². The maximum absolute atomic E-state index is 10.8. The highest BCUT2D eigenvalue weighted by atomic mass is 16.6. The zero-order valence-corrected chi connectivity index (χ0v) is 8.80. The van der Waals surface area contributed by atoms with Gasteiger partial charge in [0, 0.05) is 0 Å². The van der Waals surface area contributed by atoms with Gasteiger partial charge in [0.05, 0.1) is 19.8 Å². The van der Waals surface area contributed by atoms with Crippen molar-refractivity contribution in [3.63, 3.8) is 0 Å². The van der Waals surface area contributed by atoms with E-state index in [0.29, 0.717) is 6.61 Å². The molecule has 1 amide bonds. The Balaban J connectivity index is 1.73. The van der Waals surface area contributed by atoms with Crippen molar-refractivity contribution in [3.05, 3.63) is 0 Å². The molecule has 2 fully saturated rings. The summed E-state index contributed by atoms with van der Waals surface area (Å²) in [4.78, 5) is 10.8. The number of fused-ring (bicyclic) bond motifs is 1. The Hall–Kier alpha value is -0.730. The first-order valence-electron chi connectivity index (χ1n) is 5.22. The molecule has 2 saturated heterocycles. The maximum Gasteiger partial charge on any atom is 0.235 e. The zero-order valence-electron chi connectivity index (χ0n) is 8.80. The first kappa shape index (κ1) is 11.7. The summed E-state index contributed by atoms with van der Waals surface area (Å²) < 4.78 is 16.1. The van der Waals surface area contributed by atoms with Crippen molar-refractivity contribution < 1.29 is 24.1 Å². The van der Waals surface area contributed by atoms with Crippen LogP contribution in [0.1, 0.15) is 0 Å². The highest BCUT2D eigenvalue weighted by Crippen LogP contribution is 2.28. The Labute approximate surface area is 92.8 Å². The molecule has 2 aliphatic rings. The van der Waals surface area contributed by atoms with Crippen molar-refractivity contribution in [3.8, 4) is 0 Å². The largest absolute Gasteiger partial charge is 0.388 e. The van der Waals surface area contributed by atoms with Crippen LogP contribution in [-0.4, -0.2) is 61.9 Å². The lowest BCUT2D eigenvalue weighted by Gasteiger charge is -2.16. The molecule has 0 aliphatic carbocycles. The van der Waals surface area contributed by atoms with E-state index in [1.54, 1.807) is 0 Å². The van der Waals surface area contributed by atoms with Crippen LogP contribution >= 0.6 is 0 Å². The summed E-state index contributed by atoms with van der Waals surface area (Å²) in [5.41, 5.74) is 5.12. The molecule has 0 aromatic rings. The average molecular weight is 232 g/mol. The molecular formula is C9H16N2O5. The van der Waals surface area contributed by atoms with Crippen molar-refractivity contribution in [1.82, 2.24) is 5.32 Å². The van der Waals surface area contributed by atoms with Gasteiger partial charge < -0.3 is 30.4 Å². The SMILES string of the molecule is NCC(=O)NCO[C@@H]1CO[C@H]2[C@@H]1OC[C@H]2O. The van der Waals surface area contributed by atoms with Gasteiger partial charge in [-0.05, 0) is 0 Å². The monoisotopic (exact) mass is 232 g/mol. The van der Waals surface area contributed by atoms with E-state index in [-0.39, 0.29) is 44.1 Å². The topological polar surface area (TPSA) is 103 Å². The minimum absolute atomic E-state index is 0.0637. The van der Waals surface area contributed by atoms with Gasteiger partial charge in [-0.25, -0.2) is 0 Å². The van der Waals surface area contributed by atoms with Crippen LogP contribution in [0.4, 0.5) is 0 Å². The van der Waals surface area contributed by atoms with Crippen LogP contribution in [-0.2, 0) is 19.0 Å². The summed E-state index contributed by atoms with van der Waals surface area (Å²) in [5.74, 6) is -0.275. The number of nitrogens with two attached hydrogens (primary N) is 1. The van der Waals surface area contributed by atoms with E-state index in [4.69, 9.17) is 19.9 Å². The second-order valence-corrected chi connectivity index (χ2v) is 3.82. The molecule has 7 heteroatoms. The summed E-state index contributed by atoms with van der Waals surface area (Å²) in [7, 11) is 0. The molecule has 0 spiro atoms. The highest BCUT2D eigenvalue weighted by molar-refractivity contribution is 5.77. The number of hydrogen-bond donors (Lipinski definition) is 3. The standard InChI is InChI=1S/C9H16N2O5/c10-1-7(13)11-4-16-6-3-15-8-5(12)2-14-9(6)8/h5-6,8-9,12H,1-4,10H2,(H,11,13)/t5-,6-,8-,9-/m1/s1. The van der Waals surface area contributed by atoms with Crippen LogP contribution in [0.25, 0.3) is 0 Å². The molecular weight excluding hydrogens is 216 g/mol. The van der Waals surface area contributed by atoms with E-state index in [9.17, 15) is 9.90 Å². The number of carbonyl (C=O) groups is 1. The molecule has 2 rings (SSSR count). The van der Waals surface area contributed by atoms with Crippen molar-refractivity contribution >= 4 is 5.91 Å². The lowest BCUT2D eigenvalue weighted by Crippen LogP contribution is -2.38. The Bertz CT molecular complexity index is 262. The number of nitrogens with one attached hydrogen (secondary N) is 1. The Kier molecular flexibility index (Phi) is 3.72. The van der Waals surface area contributed by atoms with Crippen molar-refractivity contribution in [1.29, 1.82) is 0 Å². The van der Waals surface area contributed by atoms with Gasteiger partial charge in [0.1, 0.15) is 31.1 Å². The van der Waals surface area contributed by atoms with E-state index in [1.165, 1.54) is 0 Å². The first-order chi connectivity index (χ1) is 7.72. The lowest BCUT2D eigenvalue weighted by atomic mass is 10.1. The van der Waals surface area contributed by atoms with Gasteiger partial charge in [0.2, 0.25) is 5.91 Å². The minimum Gasteiger partial charge on any atom is -0.388 e. The van der Waals surface area contributed by atoms with E-state index in [2.05, 4.69) is 5.32 Å². The van der Waals surface area contributed by atoms with Crippen molar-refractivity contribution in [2.45, 2.75) is 24.4 Å². The highest BCUT2D eigenvalue weighted by Gasteiger charge is 2.47. The number of hydrogen-bond acceptors (Lipinski definition) is 6. The van der Waals surface area contributed by atoms with Crippen molar-refractivity contribution in [2.24, 2.45) is 5.73 Å². The number of aliphatic hydroxyl groups is 1. The Morgan fingerprint density at radius 3 is 2.94 bits per heavy atom. The summed E-state index contributed by atoms with van der Waals surface area (Å²) in [5, 5.41) is 12.0. The third-order valence-electron chi connectivity index (χ3n) is 2.73. The smallest absolute Gasteiger partial charge is 0.235 e. The molecule has 0 radical (unpaired) electrons. The minimum atomic E-state index is -0.586. The predicted molar refractivity (Wildman–Crippen MR) is 52.4 cm³/mol.